The van der Waals surface area contributed by atoms with Crippen LogP contribution in [0, 0.1) is 11.8 Å². The molecule has 0 aliphatic carbocycles. The van der Waals surface area contributed by atoms with Crippen LogP contribution in [0.1, 0.15) is 26.7 Å². The van der Waals surface area contributed by atoms with E-state index in [-0.39, 0.29) is 11.8 Å². The molecule has 0 spiro atoms. The molecule has 1 amide bonds. The van der Waals surface area contributed by atoms with Crippen molar-refractivity contribution < 1.29 is 14.7 Å². The van der Waals surface area contributed by atoms with Gasteiger partial charge in [-0.3, -0.25) is 9.59 Å². The summed E-state index contributed by atoms with van der Waals surface area (Å²) >= 11 is 0. The normalized spacial score (nSPS) is 26.8. The number of carbonyl (C=O) groups is 2. The van der Waals surface area contributed by atoms with Crippen LogP contribution in [0.2, 0.25) is 0 Å². The molecule has 0 aromatic carbocycles. The maximum atomic E-state index is 11.9. The van der Waals surface area contributed by atoms with Crippen LogP contribution in [-0.2, 0) is 9.59 Å². The van der Waals surface area contributed by atoms with E-state index in [1.54, 1.807) is 4.90 Å². The van der Waals surface area contributed by atoms with Gasteiger partial charge in [-0.05, 0) is 12.3 Å². The molecule has 3 N–H and O–H groups in total. The van der Waals surface area contributed by atoms with Crippen LogP contribution in [0.4, 0.5) is 0 Å². The Morgan fingerprint density at radius 2 is 2.12 bits per heavy atom. The van der Waals surface area contributed by atoms with Crippen molar-refractivity contribution in [3.05, 3.63) is 0 Å². The zero-order chi connectivity index (χ0) is 12.3. The van der Waals surface area contributed by atoms with E-state index in [1.165, 1.54) is 0 Å². The number of amides is 1. The number of carboxylic acid groups (broad SMARTS) is 1. The van der Waals surface area contributed by atoms with Crippen molar-refractivity contribution in [2.45, 2.75) is 32.7 Å². The number of carboxylic acids is 1. The Morgan fingerprint density at radius 3 is 2.56 bits per heavy atom. The Hall–Kier alpha value is -1.10. The fraction of sp³-hybridized carbons (Fsp3) is 0.818. The first-order chi connectivity index (χ1) is 7.47. The van der Waals surface area contributed by atoms with Crippen molar-refractivity contribution in [2.75, 3.05) is 13.1 Å². The van der Waals surface area contributed by atoms with Gasteiger partial charge in [-0.25, -0.2) is 0 Å². The summed E-state index contributed by atoms with van der Waals surface area (Å²) in [7, 11) is 0. The molecule has 5 nitrogen and oxygen atoms in total. The van der Waals surface area contributed by atoms with Gasteiger partial charge in [0.2, 0.25) is 5.91 Å². The van der Waals surface area contributed by atoms with Crippen molar-refractivity contribution in [3.8, 4) is 0 Å². The molecule has 1 aliphatic heterocycles. The third kappa shape index (κ3) is 2.72. The fourth-order valence-corrected chi connectivity index (χ4v) is 2.14. The molecule has 1 fully saturated rings. The molecule has 0 radical (unpaired) electrons. The van der Waals surface area contributed by atoms with Crippen LogP contribution in [0.5, 0.6) is 0 Å². The monoisotopic (exact) mass is 228 g/mol. The lowest BCUT2D eigenvalue weighted by atomic mass is 9.99. The maximum Gasteiger partial charge on any atom is 0.308 e. The molecule has 1 aliphatic rings. The van der Waals surface area contributed by atoms with Crippen molar-refractivity contribution in [1.82, 2.24) is 4.90 Å². The minimum Gasteiger partial charge on any atom is -0.481 e. The molecule has 16 heavy (non-hydrogen) atoms. The van der Waals surface area contributed by atoms with E-state index >= 15 is 0 Å². The second-order valence-corrected chi connectivity index (χ2v) is 4.56. The Bertz CT molecular complexity index is 280. The van der Waals surface area contributed by atoms with E-state index in [0.29, 0.717) is 19.5 Å². The summed E-state index contributed by atoms with van der Waals surface area (Å²) in [6.07, 6.45) is 1.51. The van der Waals surface area contributed by atoms with Crippen LogP contribution < -0.4 is 5.73 Å². The zero-order valence-electron chi connectivity index (χ0n) is 9.85. The van der Waals surface area contributed by atoms with E-state index in [9.17, 15) is 9.59 Å². The zero-order valence-corrected chi connectivity index (χ0v) is 9.85. The molecule has 1 saturated heterocycles. The molecule has 0 bridgehead atoms. The summed E-state index contributed by atoms with van der Waals surface area (Å²) in [5, 5.41) is 8.96. The highest BCUT2D eigenvalue weighted by Gasteiger charge is 2.37. The lowest BCUT2D eigenvalue weighted by Crippen LogP contribution is -2.42. The second kappa shape index (κ2) is 5.30. The number of nitrogens with two attached hydrogens (primary N) is 1. The van der Waals surface area contributed by atoms with Gasteiger partial charge in [0.25, 0.3) is 0 Å². The van der Waals surface area contributed by atoms with Gasteiger partial charge in [-0.2, -0.15) is 0 Å². The van der Waals surface area contributed by atoms with Crippen molar-refractivity contribution in [3.63, 3.8) is 0 Å². The first kappa shape index (κ1) is 13.0. The van der Waals surface area contributed by atoms with Gasteiger partial charge in [-0.15, -0.1) is 0 Å². The molecule has 3 atom stereocenters. The smallest absolute Gasteiger partial charge is 0.308 e. The Kier molecular flexibility index (Phi) is 4.29. The third-order valence-corrected chi connectivity index (χ3v) is 3.16. The van der Waals surface area contributed by atoms with Gasteiger partial charge in [-0.1, -0.05) is 20.3 Å². The average Bonchev–Trinajstić information content (AvgIpc) is 2.59. The summed E-state index contributed by atoms with van der Waals surface area (Å²) in [6, 6.07) is -0.482. The number of nitrogens with zero attached hydrogens (tertiary/aromatic N) is 1. The topological polar surface area (TPSA) is 83.6 Å². The molecule has 5 heteroatoms. The number of aliphatic carboxylic acids is 1. The van der Waals surface area contributed by atoms with E-state index < -0.39 is 17.9 Å². The highest BCUT2D eigenvalue weighted by molar-refractivity contribution is 5.83. The first-order valence-corrected chi connectivity index (χ1v) is 5.74. The minimum absolute atomic E-state index is 0.00952. The van der Waals surface area contributed by atoms with Gasteiger partial charge < -0.3 is 15.7 Å². The predicted molar refractivity (Wildman–Crippen MR) is 59.8 cm³/mol. The molecule has 1 rings (SSSR count). The van der Waals surface area contributed by atoms with Crippen LogP contribution in [0.15, 0.2) is 0 Å². The highest BCUT2D eigenvalue weighted by atomic mass is 16.4. The summed E-state index contributed by atoms with van der Waals surface area (Å²) in [6.45, 7) is 4.64. The molecular weight excluding hydrogens is 208 g/mol. The van der Waals surface area contributed by atoms with Crippen LogP contribution in [0.3, 0.4) is 0 Å². The fourth-order valence-electron chi connectivity index (χ4n) is 2.14. The van der Waals surface area contributed by atoms with Gasteiger partial charge in [0.1, 0.15) is 0 Å². The van der Waals surface area contributed by atoms with E-state index in [1.807, 2.05) is 13.8 Å². The number of hydrogen-bond donors (Lipinski definition) is 2. The van der Waals surface area contributed by atoms with Crippen molar-refractivity contribution in [1.29, 1.82) is 0 Å². The van der Waals surface area contributed by atoms with Gasteiger partial charge in [0, 0.05) is 13.1 Å². The number of carbonyl (C=O) groups excluding carboxylic acids is 1. The number of hydrogen-bond acceptors (Lipinski definition) is 3. The summed E-state index contributed by atoms with van der Waals surface area (Å²) in [5.41, 5.74) is 5.74. The number of rotatable bonds is 4. The molecule has 0 aromatic heterocycles. The SMILES string of the molecule is CCC[C@@H](N)C(=O)N1CC(C)C(C(=O)O)C1. The third-order valence-electron chi connectivity index (χ3n) is 3.16. The Morgan fingerprint density at radius 1 is 1.50 bits per heavy atom. The average molecular weight is 228 g/mol. The molecule has 0 saturated carbocycles. The largest absolute Gasteiger partial charge is 0.481 e. The van der Waals surface area contributed by atoms with Crippen molar-refractivity contribution in [2.24, 2.45) is 17.6 Å². The van der Waals surface area contributed by atoms with Crippen LogP contribution in [-0.4, -0.2) is 41.0 Å². The Balaban J connectivity index is 2.58. The number of likely N-dealkylation sites (tertiary alicyclic amines) is 1. The molecule has 1 heterocycles. The highest BCUT2D eigenvalue weighted by Crippen LogP contribution is 2.23. The van der Waals surface area contributed by atoms with Crippen molar-refractivity contribution >= 4 is 11.9 Å². The maximum absolute atomic E-state index is 11.9. The predicted octanol–water partition coefficient (Wildman–Crippen LogP) is 0.293. The quantitative estimate of drug-likeness (QED) is 0.724. The van der Waals surface area contributed by atoms with Gasteiger partial charge in [0.05, 0.1) is 12.0 Å². The molecule has 2 unspecified atom stereocenters. The van der Waals surface area contributed by atoms with Crippen LogP contribution in [0.25, 0.3) is 0 Å². The second-order valence-electron chi connectivity index (χ2n) is 4.56. The standard InChI is InChI=1S/C11H20N2O3/c1-3-4-9(12)10(14)13-5-7(2)8(6-13)11(15)16/h7-9H,3-6,12H2,1-2H3,(H,15,16)/t7?,8?,9-/m1/s1. The van der Waals surface area contributed by atoms with Crippen LogP contribution >= 0.6 is 0 Å². The molecular formula is C11H20N2O3. The summed E-state index contributed by atoms with van der Waals surface area (Å²) < 4.78 is 0. The van der Waals surface area contributed by atoms with E-state index in [0.717, 1.165) is 6.42 Å². The summed E-state index contributed by atoms with van der Waals surface area (Å²) in [5.74, 6) is -1.38. The Labute approximate surface area is 95.6 Å². The van der Waals surface area contributed by atoms with E-state index in [4.69, 9.17) is 10.8 Å². The molecule has 92 valence electrons. The van der Waals surface area contributed by atoms with Gasteiger partial charge in [0.15, 0.2) is 0 Å². The van der Waals surface area contributed by atoms with Gasteiger partial charge >= 0.3 is 5.97 Å². The lowest BCUT2D eigenvalue weighted by molar-refractivity contribution is -0.142. The lowest BCUT2D eigenvalue weighted by Gasteiger charge is -2.20. The van der Waals surface area contributed by atoms with E-state index in [2.05, 4.69) is 0 Å². The first-order valence-electron chi connectivity index (χ1n) is 5.74. The minimum atomic E-state index is -0.827. The molecule has 0 aromatic rings. The summed E-state index contributed by atoms with van der Waals surface area (Å²) in [4.78, 5) is 24.4.